The predicted octanol–water partition coefficient (Wildman–Crippen LogP) is 2.64. The molecule has 1 aliphatic rings. The third-order valence-electron chi connectivity index (χ3n) is 3.40. The summed E-state index contributed by atoms with van der Waals surface area (Å²) in [7, 11) is 0. The first-order valence-electron chi connectivity index (χ1n) is 7.27. The molecule has 1 aliphatic heterocycles. The van der Waals surface area contributed by atoms with E-state index < -0.39 is 0 Å². The Hall–Kier alpha value is -2.08. The van der Waals surface area contributed by atoms with Crippen LogP contribution in [-0.2, 0) is 0 Å². The molecule has 2 heterocycles. The van der Waals surface area contributed by atoms with Crippen LogP contribution < -0.4 is 14.8 Å². The fraction of sp³-hybridized carbons (Fsp3) is 0.467. The van der Waals surface area contributed by atoms with E-state index in [0.717, 1.165) is 18.7 Å². The first-order chi connectivity index (χ1) is 10.3. The summed E-state index contributed by atoms with van der Waals surface area (Å²) >= 11 is 0. The highest BCUT2D eigenvalue weighted by Gasteiger charge is 2.28. The number of hydrogen-bond donors (Lipinski definition) is 1. The molecule has 6 heteroatoms. The lowest BCUT2D eigenvalue weighted by Gasteiger charge is -2.23. The molecule has 0 bridgehead atoms. The largest absolute Gasteiger partial charge is 0.485 e. The minimum atomic E-state index is -0.361. The minimum Gasteiger partial charge on any atom is -0.485 e. The Labute approximate surface area is 123 Å². The maximum absolute atomic E-state index is 5.86. The van der Waals surface area contributed by atoms with E-state index >= 15 is 0 Å². The second-order valence-corrected chi connectivity index (χ2v) is 4.86. The molecule has 1 N–H and O–H groups in total. The van der Waals surface area contributed by atoms with Gasteiger partial charge in [-0.1, -0.05) is 26.0 Å². The van der Waals surface area contributed by atoms with Crippen molar-refractivity contribution < 1.29 is 13.9 Å². The fourth-order valence-corrected chi connectivity index (χ4v) is 2.31. The van der Waals surface area contributed by atoms with E-state index in [1.807, 2.05) is 24.3 Å². The van der Waals surface area contributed by atoms with Crippen LogP contribution in [0.3, 0.4) is 0 Å². The summed E-state index contributed by atoms with van der Waals surface area (Å²) in [6, 6.07) is 7.64. The summed E-state index contributed by atoms with van der Waals surface area (Å²) in [6.07, 6.45) is 0.528. The van der Waals surface area contributed by atoms with Gasteiger partial charge in [0.15, 0.2) is 11.5 Å². The van der Waals surface area contributed by atoms with Gasteiger partial charge in [-0.25, -0.2) is 0 Å². The summed E-state index contributed by atoms with van der Waals surface area (Å²) in [6.45, 7) is 5.35. The van der Waals surface area contributed by atoms with E-state index in [-0.39, 0.29) is 12.1 Å². The van der Waals surface area contributed by atoms with Gasteiger partial charge in [-0.2, -0.15) is 0 Å². The average Bonchev–Trinajstić information content (AvgIpc) is 3.02. The van der Waals surface area contributed by atoms with Crippen LogP contribution in [-0.4, -0.2) is 23.3 Å². The number of ether oxygens (including phenoxy) is 2. The molecule has 0 spiro atoms. The van der Waals surface area contributed by atoms with Crippen LogP contribution in [0.2, 0.25) is 0 Å². The second kappa shape index (κ2) is 6.13. The van der Waals surface area contributed by atoms with Gasteiger partial charge in [0.25, 0.3) is 5.89 Å². The van der Waals surface area contributed by atoms with Crippen molar-refractivity contribution in [2.75, 3.05) is 13.2 Å². The van der Waals surface area contributed by atoms with Crippen LogP contribution in [0.1, 0.15) is 44.2 Å². The highest BCUT2D eigenvalue weighted by atomic mass is 16.6. The third-order valence-corrected chi connectivity index (χ3v) is 3.40. The molecule has 6 nitrogen and oxygen atoms in total. The Kier molecular flexibility index (Phi) is 4.06. The smallest absolute Gasteiger partial charge is 0.260 e. The van der Waals surface area contributed by atoms with E-state index in [1.54, 1.807) is 0 Å². The first kappa shape index (κ1) is 13.9. The van der Waals surface area contributed by atoms with Gasteiger partial charge >= 0.3 is 0 Å². The Morgan fingerprint density at radius 2 is 2.05 bits per heavy atom. The van der Waals surface area contributed by atoms with Gasteiger partial charge in [-0.05, 0) is 25.1 Å². The zero-order valence-corrected chi connectivity index (χ0v) is 12.2. The van der Waals surface area contributed by atoms with Gasteiger partial charge in [-0.15, -0.1) is 10.2 Å². The zero-order chi connectivity index (χ0) is 14.7. The maximum atomic E-state index is 5.86. The number of rotatable bonds is 5. The average molecular weight is 289 g/mol. The van der Waals surface area contributed by atoms with Gasteiger partial charge in [0.1, 0.15) is 6.61 Å². The van der Waals surface area contributed by atoms with Crippen molar-refractivity contribution in [2.24, 2.45) is 0 Å². The van der Waals surface area contributed by atoms with Crippen molar-refractivity contribution in [3.63, 3.8) is 0 Å². The fourth-order valence-electron chi connectivity index (χ4n) is 2.31. The molecule has 112 valence electrons. The molecule has 3 rings (SSSR count). The van der Waals surface area contributed by atoms with Crippen molar-refractivity contribution in [3.05, 3.63) is 36.0 Å². The van der Waals surface area contributed by atoms with Gasteiger partial charge in [0.05, 0.1) is 6.04 Å². The van der Waals surface area contributed by atoms with Crippen LogP contribution in [0.25, 0.3) is 0 Å². The van der Waals surface area contributed by atoms with Gasteiger partial charge < -0.3 is 19.2 Å². The van der Waals surface area contributed by atoms with Crippen LogP contribution >= 0.6 is 0 Å². The number of benzene rings is 1. The van der Waals surface area contributed by atoms with E-state index in [2.05, 4.69) is 29.4 Å². The van der Waals surface area contributed by atoms with Gasteiger partial charge in [-0.3, -0.25) is 0 Å². The molecule has 2 unspecified atom stereocenters. The molecule has 2 atom stereocenters. The third kappa shape index (κ3) is 2.85. The number of para-hydroxylation sites is 2. The molecule has 1 aromatic heterocycles. The van der Waals surface area contributed by atoms with Crippen molar-refractivity contribution in [1.29, 1.82) is 0 Å². The van der Waals surface area contributed by atoms with E-state index in [4.69, 9.17) is 13.9 Å². The predicted molar refractivity (Wildman–Crippen MR) is 76.3 cm³/mol. The first-order valence-corrected chi connectivity index (χ1v) is 7.27. The number of hydrogen-bond acceptors (Lipinski definition) is 6. The number of fused-ring (bicyclic) bond motifs is 1. The molecular weight excluding hydrogens is 270 g/mol. The molecule has 21 heavy (non-hydrogen) atoms. The van der Waals surface area contributed by atoms with Crippen LogP contribution in [0.15, 0.2) is 28.7 Å². The summed E-state index contributed by atoms with van der Waals surface area (Å²) in [5.74, 6) is 2.49. The Morgan fingerprint density at radius 3 is 2.81 bits per heavy atom. The summed E-state index contributed by atoms with van der Waals surface area (Å²) in [5.41, 5.74) is 0. The lowest BCUT2D eigenvalue weighted by atomic mass is 10.2. The molecule has 0 aliphatic carbocycles. The number of aromatic nitrogens is 2. The lowest BCUT2D eigenvalue weighted by Crippen LogP contribution is -2.22. The Morgan fingerprint density at radius 1 is 1.24 bits per heavy atom. The van der Waals surface area contributed by atoms with Crippen molar-refractivity contribution >= 4 is 0 Å². The summed E-state index contributed by atoms with van der Waals surface area (Å²) < 4.78 is 17.3. The molecule has 0 radical (unpaired) electrons. The molecule has 0 fully saturated rings. The number of nitrogens with one attached hydrogen (secondary N) is 1. The normalized spacial score (nSPS) is 18.5. The topological polar surface area (TPSA) is 69.4 Å². The molecule has 0 amide bonds. The SMILES string of the molecule is CCNC(CC)c1nnc(C2COc3ccccc3O2)o1. The van der Waals surface area contributed by atoms with E-state index in [0.29, 0.717) is 24.1 Å². The minimum absolute atomic E-state index is 0.0769. The lowest BCUT2D eigenvalue weighted by molar-refractivity contribution is 0.0698. The molecule has 1 aromatic carbocycles. The summed E-state index contributed by atoms with van der Waals surface area (Å²) in [4.78, 5) is 0. The Bertz CT molecular complexity index is 599. The highest BCUT2D eigenvalue weighted by Crippen LogP contribution is 2.35. The highest BCUT2D eigenvalue weighted by molar-refractivity contribution is 5.40. The quantitative estimate of drug-likeness (QED) is 0.912. The van der Waals surface area contributed by atoms with Crippen molar-refractivity contribution in [1.82, 2.24) is 15.5 Å². The molecular formula is C15H19N3O3. The van der Waals surface area contributed by atoms with Crippen LogP contribution in [0, 0.1) is 0 Å². The summed E-state index contributed by atoms with van der Waals surface area (Å²) in [5, 5.41) is 11.5. The van der Waals surface area contributed by atoms with Crippen molar-refractivity contribution in [3.8, 4) is 11.5 Å². The zero-order valence-electron chi connectivity index (χ0n) is 12.2. The molecule has 2 aromatic rings. The van der Waals surface area contributed by atoms with E-state index in [9.17, 15) is 0 Å². The molecule has 0 saturated carbocycles. The van der Waals surface area contributed by atoms with Gasteiger partial charge in [0.2, 0.25) is 12.0 Å². The van der Waals surface area contributed by atoms with E-state index in [1.165, 1.54) is 0 Å². The van der Waals surface area contributed by atoms with Crippen molar-refractivity contribution in [2.45, 2.75) is 32.4 Å². The van der Waals surface area contributed by atoms with Crippen LogP contribution in [0.5, 0.6) is 11.5 Å². The molecule has 0 saturated heterocycles. The maximum Gasteiger partial charge on any atom is 0.260 e. The second-order valence-electron chi connectivity index (χ2n) is 4.86. The number of nitrogens with zero attached hydrogens (tertiary/aromatic N) is 2. The standard InChI is InChI=1S/C15H19N3O3/c1-3-10(16-4-2)14-17-18-15(21-14)13-9-19-11-7-5-6-8-12(11)20-13/h5-8,10,13,16H,3-4,9H2,1-2H3. The van der Waals surface area contributed by atoms with Gasteiger partial charge in [0, 0.05) is 0 Å². The monoisotopic (exact) mass is 289 g/mol. The Balaban J connectivity index is 1.75. The van der Waals surface area contributed by atoms with Crippen LogP contribution in [0.4, 0.5) is 0 Å².